The van der Waals surface area contributed by atoms with E-state index in [1.807, 2.05) is 13.8 Å². The van der Waals surface area contributed by atoms with Crippen molar-refractivity contribution in [3.63, 3.8) is 0 Å². The number of aliphatic hydroxyl groups is 2. The summed E-state index contributed by atoms with van der Waals surface area (Å²) in [6.07, 6.45) is 1.98. The topological polar surface area (TPSA) is 130 Å². The van der Waals surface area contributed by atoms with Crippen molar-refractivity contribution in [2.24, 2.45) is 0 Å². The van der Waals surface area contributed by atoms with Gasteiger partial charge in [-0.2, -0.15) is 0 Å². The van der Waals surface area contributed by atoms with Crippen LogP contribution in [0.2, 0.25) is 0 Å². The third-order valence-corrected chi connectivity index (χ3v) is 6.37. The minimum Gasteiger partial charge on any atom is -0.464 e. The van der Waals surface area contributed by atoms with Crippen molar-refractivity contribution < 1.29 is 32.6 Å². The summed E-state index contributed by atoms with van der Waals surface area (Å²) < 4.78 is 43.5. The number of anilines is 1. The number of rotatable bonds is 11. The summed E-state index contributed by atoms with van der Waals surface area (Å²) >= 11 is 0. The van der Waals surface area contributed by atoms with Crippen LogP contribution in [0.4, 0.5) is 10.3 Å². The maximum Gasteiger partial charge on any atom is 0.337 e. The minimum atomic E-state index is -3.63. The Bertz CT molecular complexity index is 1150. The van der Waals surface area contributed by atoms with E-state index in [4.69, 9.17) is 4.74 Å². The Morgan fingerprint density at radius 3 is 2.37 bits per heavy atom. The van der Waals surface area contributed by atoms with Crippen molar-refractivity contribution in [1.29, 1.82) is 0 Å². The predicted octanol–water partition coefficient (Wildman–Crippen LogP) is 2.88. The van der Waals surface area contributed by atoms with Crippen molar-refractivity contribution in [2.45, 2.75) is 51.7 Å². The summed E-state index contributed by atoms with van der Waals surface area (Å²) in [6, 6.07) is 5.66. The van der Waals surface area contributed by atoms with Crippen LogP contribution in [0.5, 0.6) is 0 Å². The first-order valence-corrected chi connectivity index (χ1v) is 13.0. The lowest BCUT2D eigenvalue weighted by atomic mass is 9.97. The summed E-state index contributed by atoms with van der Waals surface area (Å²) in [7, 11) is -2.27. The van der Waals surface area contributed by atoms with E-state index in [1.54, 1.807) is 31.2 Å². The fraction of sp³-hybridized carbons (Fsp3) is 0.458. The average molecular weight is 510 g/mol. The number of hydrogen-bond donors (Lipinski definition) is 2. The number of allylic oxidation sites excluding steroid dienone is 1. The highest BCUT2D eigenvalue weighted by Crippen LogP contribution is 2.31. The molecule has 1 heterocycles. The number of carbonyl (C=O) groups excluding carboxylic acids is 1. The van der Waals surface area contributed by atoms with Crippen LogP contribution >= 0.6 is 0 Å². The van der Waals surface area contributed by atoms with Crippen LogP contribution in [0.1, 0.15) is 50.8 Å². The molecule has 192 valence electrons. The molecule has 35 heavy (non-hydrogen) atoms. The van der Waals surface area contributed by atoms with Gasteiger partial charge in [-0.05, 0) is 49.9 Å². The first-order valence-electron chi connectivity index (χ1n) is 11.2. The molecule has 9 nitrogen and oxygen atoms in total. The molecule has 2 atom stereocenters. The molecule has 0 fully saturated rings. The largest absolute Gasteiger partial charge is 0.464 e. The fourth-order valence-electron chi connectivity index (χ4n) is 3.21. The third kappa shape index (κ3) is 7.55. The molecule has 1 aromatic heterocycles. The molecule has 0 radical (unpaired) electrons. The number of carbonyl (C=O) groups is 1. The van der Waals surface area contributed by atoms with Crippen molar-refractivity contribution >= 4 is 28.0 Å². The summed E-state index contributed by atoms with van der Waals surface area (Å²) in [6.45, 7) is 5.50. The molecule has 0 spiro atoms. The summed E-state index contributed by atoms with van der Waals surface area (Å²) in [5.41, 5.74) is 2.17. The monoisotopic (exact) mass is 509 g/mol. The summed E-state index contributed by atoms with van der Waals surface area (Å²) in [4.78, 5) is 20.6. The predicted molar refractivity (Wildman–Crippen MR) is 132 cm³/mol. The van der Waals surface area contributed by atoms with Crippen LogP contribution in [0.25, 0.3) is 17.3 Å². The molecule has 2 aromatic rings. The van der Waals surface area contributed by atoms with E-state index in [-0.39, 0.29) is 24.9 Å². The van der Waals surface area contributed by atoms with E-state index in [9.17, 15) is 27.8 Å². The van der Waals surface area contributed by atoms with Gasteiger partial charge in [0.25, 0.3) is 0 Å². The van der Waals surface area contributed by atoms with Crippen molar-refractivity contribution in [3.8, 4) is 11.3 Å². The maximum atomic E-state index is 13.6. The van der Waals surface area contributed by atoms with Crippen LogP contribution in [-0.2, 0) is 19.6 Å². The second kappa shape index (κ2) is 12.2. The van der Waals surface area contributed by atoms with E-state index in [2.05, 4.69) is 9.97 Å². The van der Waals surface area contributed by atoms with Crippen LogP contribution < -0.4 is 4.31 Å². The number of ether oxygens (including phenoxy) is 1. The first kappa shape index (κ1) is 28.3. The van der Waals surface area contributed by atoms with Crippen molar-refractivity contribution in [2.75, 3.05) is 24.2 Å². The van der Waals surface area contributed by atoms with Crippen LogP contribution in [0.3, 0.4) is 0 Å². The highest BCUT2D eigenvalue weighted by molar-refractivity contribution is 7.92. The van der Waals surface area contributed by atoms with Gasteiger partial charge in [0.2, 0.25) is 16.0 Å². The number of halogens is 1. The van der Waals surface area contributed by atoms with Gasteiger partial charge in [-0.1, -0.05) is 26.0 Å². The molecule has 0 amide bonds. The van der Waals surface area contributed by atoms with Gasteiger partial charge in [-0.25, -0.2) is 31.9 Å². The number of sulfonamides is 1. The molecular weight excluding hydrogens is 477 g/mol. The molecule has 0 aliphatic carbocycles. The Labute approximate surface area is 205 Å². The summed E-state index contributed by atoms with van der Waals surface area (Å²) in [5.74, 6) is -1.43. The molecule has 1 aromatic carbocycles. The van der Waals surface area contributed by atoms with E-state index in [0.717, 1.165) is 10.6 Å². The smallest absolute Gasteiger partial charge is 0.337 e. The molecule has 0 aliphatic heterocycles. The molecule has 0 bridgehead atoms. The Balaban J connectivity index is 2.46. The van der Waals surface area contributed by atoms with E-state index in [1.165, 1.54) is 19.2 Å². The molecule has 2 N–H and O–H groups in total. The van der Waals surface area contributed by atoms with Gasteiger partial charge in [0, 0.05) is 18.2 Å². The van der Waals surface area contributed by atoms with E-state index < -0.39 is 34.0 Å². The Morgan fingerprint density at radius 1 is 1.20 bits per heavy atom. The van der Waals surface area contributed by atoms with Gasteiger partial charge in [0.1, 0.15) is 5.82 Å². The second-order valence-corrected chi connectivity index (χ2v) is 10.3. The molecule has 1 unspecified atom stereocenters. The van der Waals surface area contributed by atoms with Gasteiger partial charge >= 0.3 is 5.97 Å². The molecule has 0 saturated carbocycles. The zero-order chi connectivity index (χ0) is 26.3. The molecule has 0 aliphatic rings. The van der Waals surface area contributed by atoms with Gasteiger partial charge in [0.15, 0.2) is 6.10 Å². The number of benzene rings is 1. The Kier molecular flexibility index (Phi) is 9.87. The lowest BCUT2D eigenvalue weighted by Crippen LogP contribution is -2.35. The molecule has 0 saturated heterocycles. The van der Waals surface area contributed by atoms with E-state index in [0.29, 0.717) is 28.9 Å². The van der Waals surface area contributed by atoms with Crippen molar-refractivity contribution in [3.05, 3.63) is 47.4 Å². The second-order valence-electron chi connectivity index (χ2n) is 8.31. The highest BCUT2D eigenvalue weighted by Gasteiger charge is 2.25. The molecule has 2 rings (SSSR count). The highest BCUT2D eigenvalue weighted by atomic mass is 32.2. The van der Waals surface area contributed by atoms with Gasteiger partial charge in [-0.3, -0.25) is 0 Å². The quantitative estimate of drug-likeness (QED) is 0.442. The normalized spacial score (nSPS) is 13.7. The SMILES string of the molecule is CCOC(=O)C(O)[C@H](O)CCC=Cc1c(-c2ccc(F)cc2)nc(N(C)S(C)(=O)=O)nc1C(C)C. The van der Waals surface area contributed by atoms with Crippen molar-refractivity contribution in [1.82, 2.24) is 9.97 Å². The zero-order valence-electron chi connectivity index (χ0n) is 20.5. The van der Waals surface area contributed by atoms with Crippen LogP contribution in [-0.4, -0.2) is 66.7 Å². The number of nitrogens with zero attached hydrogens (tertiary/aromatic N) is 3. The van der Waals surface area contributed by atoms with Gasteiger partial charge in [-0.15, -0.1) is 0 Å². The zero-order valence-corrected chi connectivity index (χ0v) is 21.3. The Hall–Kier alpha value is -2.89. The van der Waals surface area contributed by atoms with Gasteiger partial charge < -0.3 is 14.9 Å². The first-order chi connectivity index (χ1) is 16.4. The third-order valence-electron chi connectivity index (χ3n) is 5.21. The number of esters is 1. The minimum absolute atomic E-state index is 0.0133. The average Bonchev–Trinajstić information content (AvgIpc) is 2.80. The molecular formula is C24H32FN3O6S. The lowest BCUT2D eigenvalue weighted by molar-refractivity contribution is -0.159. The van der Waals surface area contributed by atoms with E-state index >= 15 is 0 Å². The van der Waals surface area contributed by atoms with Crippen LogP contribution in [0, 0.1) is 5.82 Å². The number of aliphatic hydroxyl groups excluding tert-OH is 2. The maximum absolute atomic E-state index is 13.6. The van der Waals surface area contributed by atoms with Crippen LogP contribution in [0.15, 0.2) is 30.3 Å². The van der Waals surface area contributed by atoms with Gasteiger partial charge in [0.05, 0.1) is 30.4 Å². The standard InChI is InChI=1S/C24H32FN3O6S/c1-6-34-23(31)22(30)19(29)10-8-7-9-18-20(15(2)3)26-24(28(4)35(5,32)33)27-21(18)16-11-13-17(25)14-12-16/h7,9,11-15,19,22,29-30H,6,8,10H2,1-5H3/t19-,22?/m1/s1. The number of hydrogen-bond acceptors (Lipinski definition) is 8. The number of aromatic nitrogens is 2. The molecule has 11 heteroatoms. The lowest BCUT2D eigenvalue weighted by Gasteiger charge is -2.20. The summed E-state index contributed by atoms with van der Waals surface area (Å²) in [5, 5.41) is 19.9. The Morgan fingerprint density at radius 2 is 1.83 bits per heavy atom. The fourth-order valence-corrected chi connectivity index (χ4v) is 3.58.